The molecule has 0 bridgehead atoms. The first-order chi connectivity index (χ1) is 14.4. The van der Waals surface area contributed by atoms with E-state index in [9.17, 15) is 14.4 Å². The number of piperazine rings is 1. The second kappa shape index (κ2) is 9.55. The molecule has 1 aromatic carbocycles. The summed E-state index contributed by atoms with van der Waals surface area (Å²) >= 11 is 0. The fourth-order valence-electron chi connectivity index (χ4n) is 3.47. The number of amidine groups is 1. The molecule has 0 unspecified atom stereocenters. The van der Waals surface area contributed by atoms with E-state index in [4.69, 9.17) is 15.3 Å². The monoisotopic (exact) mass is 419 g/mol. The Labute approximate surface area is 173 Å². The molecular formula is C19H25N5O6. The smallest absolute Gasteiger partial charge is 0.414 e. The molecule has 3 N–H and O–H groups in total. The zero-order valence-electron chi connectivity index (χ0n) is 16.7. The van der Waals surface area contributed by atoms with Gasteiger partial charge in [0.15, 0.2) is 0 Å². The van der Waals surface area contributed by atoms with Gasteiger partial charge in [0.2, 0.25) is 0 Å². The number of hydrogen-bond acceptors (Lipinski definition) is 8. The lowest BCUT2D eigenvalue weighted by atomic mass is 10.1. The number of hydrogen-bond donors (Lipinski definition) is 3. The Morgan fingerprint density at radius 3 is 2.43 bits per heavy atom. The summed E-state index contributed by atoms with van der Waals surface area (Å²) < 4.78 is 9.95. The topological polar surface area (TPSA) is 136 Å². The van der Waals surface area contributed by atoms with Gasteiger partial charge in [-0.05, 0) is 24.3 Å². The van der Waals surface area contributed by atoms with E-state index < -0.39 is 18.2 Å². The molecule has 11 nitrogen and oxygen atoms in total. The van der Waals surface area contributed by atoms with E-state index >= 15 is 0 Å². The van der Waals surface area contributed by atoms with Crippen molar-refractivity contribution in [1.29, 1.82) is 5.41 Å². The molecule has 2 saturated heterocycles. The highest BCUT2D eigenvalue weighted by molar-refractivity contribution is 6.04. The minimum atomic E-state index is -0.828. The maximum absolute atomic E-state index is 12.3. The molecule has 11 heteroatoms. The SMILES string of the molecule is COC(=O)NC(=N)c1ccc(N2C[C@H](CN3CCN(CC(=O)O)CC3)OC2=O)cc1. The van der Waals surface area contributed by atoms with Gasteiger partial charge in [-0.25, -0.2) is 9.59 Å². The number of nitrogens with one attached hydrogen (secondary N) is 2. The lowest BCUT2D eigenvalue weighted by Gasteiger charge is -2.34. The van der Waals surface area contributed by atoms with Crippen LogP contribution in [0.5, 0.6) is 0 Å². The normalized spacial score (nSPS) is 20.0. The highest BCUT2D eigenvalue weighted by Gasteiger charge is 2.34. The number of aliphatic carboxylic acids is 1. The Balaban J connectivity index is 1.51. The average molecular weight is 419 g/mol. The summed E-state index contributed by atoms with van der Waals surface area (Å²) in [5, 5.41) is 19.0. The molecule has 0 aliphatic carbocycles. The minimum Gasteiger partial charge on any atom is -0.480 e. The summed E-state index contributed by atoms with van der Waals surface area (Å²) in [6.45, 7) is 3.84. The zero-order chi connectivity index (χ0) is 21.7. The fraction of sp³-hybridized carbons (Fsp3) is 0.474. The van der Waals surface area contributed by atoms with Gasteiger partial charge in [-0.2, -0.15) is 0 Å². The van der Waals surface area contributed by atoms with Crippen LogP contribution in [-0.4, -0.2) is 97.9 Å². The number of cyclic esters (lactones) is 1. The van der Waals surface area contributed by atoms with Gasteiger partial charge in [-0.3, -0.25) is 30.2 Å². The van der Waals surface area contributed by atoms with Crippen LogP contribution < -0.4 is 10.2 Å². The number of carboxylic acid groups (broad SMARTS) is 1. The number of carbonyl (C=O) groups is 3. The lowest BCUT2D eigenvalue weighted by Crippen LogP contribution is -2.50. The molecule has 2 heterocycles. The zero-order valence-corrected chi connectivity index (χ0v) is 16.7. The van der Waals surface area contributed by atoms with Crippen molar-refractivity contribution in [3.8, 4) is 0 Å². The maximum atomic E-state index is 12.3. The van der Waals surface area contributed by atoms with Gasteiger partial charge in [-0.1, -0.05) is 0 Å². The first kappa shape index (κ1) is 21.5. The van der Waals surface area contributed by atoms with Crippen molar-refractivity contribution >= 4 is 29.7 Å². The van der Waals surface area contributed by atoms with E-state index in [0.717, 1.165) is 13.1 Å². The van der Waals surface area contributed by atoms with Gasteiger partial charge in [-0.15, -0.1) is 0 Å². The number of alkyl carbamates (subject to hydrolysis) is 1. The Morgan fingerprint density at radius 2 is 1.83 bits per heavy atom. The van der Waals surface area contributed by atoms with E-state index in [0.29, 0.717) is 37.4 Å². The van der Waals surface area contributed by atoms with Crippen molar-refractivity contribution in [2.75, 3.05) is 57.8 Å². The van der Waals surface area contributed by atoms with E-state index in [1.807, 2.05) is 4.90 Å². The summed E-state index contributed by atoms with van der Waals surface area (Å²) in [6, 6.07) is 6.65. The fourth-order valence-corrected chi connectivity index (χ4v) is 3.47. The van der Waals surface area contributed by atoms with Crippen molar-refractivity contribution in [2.45, 2.75) is 6.10 Å². The molecule has 1 aromatic rings. The number of benzene rings is 1. The molecule has 0 aromatic heterocycles. The number of rotatable bonds is 6. The van der Waals surface area contributed by atoms with Crippen molar-refractivity contribution < 1.29 is 29.0 Å². The van der Waals surface area contributed by atoms with Crippen LogP contribution in [0.3, 0.4) is 0 Å². The Hall–Kier alpha value is -3.18. The Morgan fingerprint density at radius 1 is 1.20 bits per heavy atom. The van der Waals surface area contributed by atoms with Crippen LogP contribution in [0.1, 0.15) is 5.56 Å². The second-order valence-electron chi connectivity index (χ2n) is 7.13. The third-order valence-electron chi connectivity index (χ3n) is 5.04. The van der Waals surface area contributed by atoms with Crippen molar-refractivity contribution in [3.05, 3.63) is 29.8 Å². The Kier molecular flexibility index (Phi) is 6.85. The first-order valence-electron chi connectivity index (χ1n) is 9.54. The number of carbonyl (C=O) groups excluding carboxylic acids is 2. The third kappa shape index (κ3) is 5.45. The van der Waals surface area contributed by atoms with Crippen LogP contribution in [0.25, 0.3) is 0 Å². The van der Waals surface area contributed by atoms with Gasteiger partial charge in [0.05, 0.1) is 20.2 Å². The van der Waals surface area contributed by atoms with Crippen LogP contribution in [0.2, 0.25) is 0 Å². The number of carboxylic acids is 1. The number of nitrogens with zero attached hydrogens (tertiary/aromatic N) is 3. The Bertz CT molecular complexity index is 806. The molecule has 3 rings (SSSR count). The molecule has 0 saturated carbocycles. The predicted molar refractivity (Wildman–Crippen MR) is 107 cm³/mol. The van der Waals surface area contributed by atoms with E-state index in [-0.39, 0.29) is 18.5 Å². The van der Waals surface area contributed by atoms with Gasteiger partial charge >= 0.3 is 18.2 Å². The second-order valence-corrected chi connectivity index (χ2v) is 7.13. The van der Waals surface area contributed by atoms with Crippen molar-refractivity contribution in [3.63, 3.8) is 0 Å². The highest BCUT2D eigenvalue weighted by atomic mass is 16.6. The van der Waals surface area contributed by atoms with Crippen LogP contribution in [0.15, 0.2) is 24.3 Å². The molecule has 0 spiro atoms. The molecule has 162 valence electrons. The third-order valence-corrected chi connectivity index (χ3v) is 5.04. The summed E-state index contributed by atoms with van der Waals surface area (Å²) in [4.78, 5) is 39.9. The van der Waals surface area contributed by atoms with Crippen molar-refractivity contribution in [1.82, 2.24) is 15.1 Å². The molecule has 2 fully saturated rings. The molecular weight excluding hydrogens is 394 g/mol. The standard InChI is InChI=1S/C19H25N5O6/c1-29-18(27)21-17(20)13-2-4-14(5-3-13)24-11-15(30-19(24)28)10-22-6-8-23(9-7-22)12-16(25)26/h2-5,15H,6-12H2,1H3,(H,25,26)(H2,20,21,27)/t15-/m0/s1. The molecule has 0 radical (unpaired) electrons. The quantitative estimate of drug-likeness (QED) is 0.445. The molecule has 2 aliphatic rings. The van der Waals surface area contributed by atoms with E-state index in [1.54, 1.807) is 24.3 Å². The summed E-state index contributed by atoms with van der Waals surface area (Å²) in [5.41, 5.74) is 1.12. The lowest BCUT2D eigenvalue weighted by molar-refractivity contribution is -0.138. The number of methoxy groups -OCH3 is 1. The van der Waals surface area contributed by atoms with E-state index in [2.05, 4.69) is 15.0 Å². The summed E-state index contributed by atoms with van der Waals surface area (Å²) in [5.74, 6) is -0.927. The molecule has 30 heavy (non-hydrogen) atoms. The average Bonchev–Trinajstić information content (AvgIpc) is 3.09. The summed E-state index contributed by atoms with van der Waals surface area (Å²) in [7, 11) is 1.22. The van der Waals surface area contributed by atoms with Crippen LogP contribution >= 0.6 is 0 Å². The van der Waals surface area contributed by atoms with Crippen LogP contribution in [-0.2, 0) is 14.3 Å². The predicted octanol–water partition coefficient (Wildman–Crippen LogP) is 0.395. The molecule has 2 amide bonds. The van der Waals surface area contributed by atoms with Crippen molar-refractivity contribution in [2.24, 2.45) is 0 Å². The van der Waals surface area contributed by atoms with Gasteiger partial charge in [0, 0.05) is 44.0 Å². The number of anilines is 1. The highest BCUT2D eigenvalue weighted by Crippen LogP contribution is 2.23. The maximum Gasteiger partial charge on any atom is 0.414 e. The van der Waals surface area contributed by atoms with Gasteiger partial charge in [0.1, 0.15) is 11.9 Å². The first-order valence-corrected chi connectivity index (χ1v) is 9.54. The minimum absolute atomic E-state index is 0.0443. The van der Waals surface area contributed by atoms with Crippen LogP contribution in [0.4, 0.5) is 15.3 Å². The van der Waals surface area contributed by atoms with Crippen LogP contribution in [0, 0.1) is 5.41 Å². The number of ether oxygens (including phenoxy) is 2. The van der Waals surface area contributed by atoms with E-state index in [1.165, 1.54) is 12.0 Å². The summed E-state index contributed by atoms with van der Waals surface area (Å²) in [6.07, 6.45) is -1.43. The number of amides is 2. The molecule has 2 aliphatic heterocycles. The van der Waals surface area contributed by atoms with Gasteiger partial charge in [0.25, 0.3) is 0 Å². The molecule has 1 atom stereocenters. The van der Waals surface area contributed by atoms with Gasteiger partial charge < -0.3 is 14.6 Å². The largest absolute Gasteiger partial charge is 0.480 e.